The van der Waals surface area contributed by atoms with Crippen molar-refractivity contribution in [2.75, 3.05) is 0 Å². The molecule has 0 fully saturated rings. The van der Waals surface area contributed by atoms with Gasteiger partial charge in [-0.1, -0.05) is 62.4 Å². The Morgan fingerprint density at radius 3 is 2.50 bits per heavy atom. The Labute approximate surface area is 175 Å². The molecule has 7 heteroatoms. The van der Waals surface area contributed by atoms with Crippen molar-refractivity contribution < 1.29 is 0 Å². The minimum atomic E-state index is 0.278. The number of aromatic amines is 1. The SMILES string of the molecule is C#CCCn1nc(C(C)C)nc1Cc1ccc(-c2ccccc2-c2nn[nH]n2)cc1. The highest BCUT2D eigenvalue weighted by Crippen LogP contribution is 2.30. The van der Waals surface area contributed by atoms with E-state index >= 15 is 0 Å². The lowest BCUT2D eigenvalue weighted by atomic mass is 9.98. The van der Waals surface area contributed by atoms with Crippen LogP contribution in [0.3, 0.4) is 0 Å². The van der Waals surface area contributed by atoms with Crippen LogP contribution in [0, 0.1) is 12.3 Å². The van der Waals surface area contributed by atoms with Gasteiger partial charge in [-0.3, -0.25) is 0 Å². The summed E-state index contributed by atoms with van der Waals surface area (Å²) in [5, 5.41) is 19.1. The van der Waals surface area contributed by atoms with E-state index in [2.05, 4.69) is 75.8 Å². The second-order valence-electron chi connectivity index (χ2n) is 7.37. The molecular weight excluding hydrogens is 374 g/mol. The van der Waals surface area contributed by atoms with Crippen LogP contribution < -0.4 is 0 Å². The first-order valence-electron chi connectivity index (χ1n) is 9.95. The van der Waals surface area contributed by atoms with Gasteiger partial charge in [0.1, 0.15) is 5.82 Å². The van der Waals surface area contributed by atoms with E-state index in [9.17, 15) is 0 Å². The second kappa shape index (κ2) is 8.70. The summed E-state index contributed by atoms with van der Waals surface area (Å²) >= 11 is 0. The first-order chi connectivity index (χ1) is 14.7. The third-order valence-corrected chi connectivity index (χ3v) is 4.89. The Balaban J connectivity index is 1.60. The molecule has 1 N–H and O–H groups in total. The molecule has 0 atom stereocenters. The van der Waals surface area contributed by atoms with Crippen molar-refractivity contribution in [1.82, 2.24) is 35.4 Å². The first-order valence-corrected chi connectivity index (χ1v) is 9.95. The van der Waals surface area contributed by atoms with E-state index in [0.717, 1.165) is 28.3 Å². The molecule has 2 aromatic carbocycles. The van der Waals surface area contributed by atoms with E-state index in [1.54, 1.807) is 0 Å². The molecule has 0 amide bonds. The largest absolute Gasteiger partial charge is 0.248 e. The molecule has 0 saturated carbocycles. The van der Waals surface area contributed by atoms with Gasteiger partial charge >= 0.3 is 0 Å². The summed E-state index contributed by atoms with van der Waals surface area (Å²) < 4.78 is 1.94. The Morgan fingerprint density at radius 2 is 1.83 bits per heavy atom. The molecule has 0 aliphatic rings. The highest BCUT2D eigenvalue weighted by Gasteiger charge is 2.14. The fraction of sp³-hybridized carbons (Fsp3) is 0.261. The van der Waals surface area contributed by atoms with E-state index in [4.69, 9.17) is 11.4 Å². The molecule has 0 aliphatic heterocycles. The van der Waals surface area contributed by atoms with E-state index in [0.29, 0.717) is 25.2 Å². The van der Waals surface area contributed by atoms with Crippen molar-refractivity contribution in [2.24, 2.45) is 0 Å². The fourth-order valence-corrected chi connectivity index (χ4v) is 3.31. The zero-order chi connectivity index (χ0) is 20.9. The summed E-state index contributed by atoms with van der Waals surface area (Å²) in [7, 11) is 0. The number of terminal acetylenes is 1. The van der Waals surface area contributed by atoms with Crippen molar-refractivity contribution in [1.29, 1.82) is 0 Å². The maximum atomic E-state index is 5.44. The molecule has 2 aromatic heterocycles. The van der Waals surface area contributed by atoms with Crippen molar-refractivity contribution in [3.05, 3.63) is 65.7 Å². The van der Waals surface area contributed by atoms with Gasteiger partial charge in [0.05, 0.1) is 6.54 Å². The zero-order valence-corrected chi connectivity index (χ0v) is 17.1. The summed E-state index contributed by atoms with van der Waals surface area (Å²) in [5.74, 6) is 5.33. The smallest absolute Gasteiger partial charge is 0.205 e. The molecule has 4 rings (SSSR count). The molecule has 0 unspecified atom stereocenters. The Bertz CT molecular complexity index is 1150. The van der Waals surface area contributed by atoms with Crippen molar-refractivity contribution in [3.63, 3.8) is 0 Å². The van der Waals surface area contributed by atoms with Gasteiger partial charge in [-0.25, -0.2) is 9.67 Å². The maximum Gasteiger partial charge on any atom is 0.205 e. The molecule has 0 spiro atoms. The molecule has 150 valence electrons. The van der Waals surface area contributed by atoms with Crippen LogP contribution in [0.2, 0.25) is 0 Å². The van der Waals surface area contributed by atoms with E-state index in [1.807, 2.05) is 22.9 Å². The average Bonchev–Trinajstić information content (AvgIpc) is 3.43. The lowest BCUT2D eigenvalue weighted by Gasteiger charge is -2.08. The van der Waals surface area contributed by atoms with E-state index in [1.165, 1.54) is 5.56 Å². The van der Waals surface area contributed by atoms with Crippen LogP contribution in [-0.2, 0) is 13.0 Å². The average molecular weight is 397 g/mol. The number of benzene rings is 2. The maximum absolute atomic E-state index is 5.44. The van der Waals surface area contributed by atoms with Gasteiger partial charge in [0.15, 0.2) is 5.82 Å². The number of hydrogen-bond acceptors (Lipinski definition) is 5. The number of H-pyrrole nitrogens is 1. The van der Waals surface area contributed by atoms with Crippen molar-refractivity contribution in [2.45, 2.75) is 39.2 Å². The summed E-state index contributed by atoms with van der Waals surface area (Å²) in [6.07, 6.45) is 6.78. The zero-order valence-electron chi connectivity index (χ0n) is 17.1. The van der Waals surface area contributed by atoms with Crippen LogP contribution in [0.25, 0.3) is 22.5 Å². The number of nitrogens with zero attached hydrogens (tertiary/aromatic N) is 6. The predicted molar refractivity (Wildman–Crippen MR) is 115 cm³/mol. The standard InChI is InChI=1S/C23H23N7/c1-4-5-14-30-21(24-22(27-30)16(2)3)15-17-10-12-18(13-11-17)19-8-6-7-9-20(19)23-25-28-29-26-23/h1,6-13,16H,5,14-15H2,2-3H3,(H,25,26,28,29). The molecule has 0 aliphatic carbocycles. The van der Waals surface area contributed by atoms with Crippen LogP contribution in [0.15, 0.2) is 48.5 Å². The number of rotatable bonds is 7. The third-order valence-electron chi connectivity index (χ3n) is 4.89. The predicted octanol–water partition coefficient (Wildman–Crippen LogP) is 3.86. The number of aromatic nitrogens is 7. The lowest BCUT2D eigenvalue weighted by Crippen LogP contribution is -2.06. The number of hydrogen-bond donors (Lipinski definition) is 1. The van der Waals surface area contributed by atoms with Crippen molar-refractivity contribution in [3.8, 4) is 34.9 Å². The highest BCUT2D eigenvalue weighted by atomic mass is 15.5. The van der Waals surface area contributed by atoms with E-state index < -0.39 is 0 Å². The quantitative estimate of drug-likeness (QED) is 0.479. The summed E-state index contributed by atoms with van der Waals surface area (Å²) in [6.45, 7) is 4.88. The Hall–Kier alpha value is -3.79. The van der Waals surface area contributed by atoms with Crippen LogP contribution in [-0.4, -0.2) is 35.4 Å². The van der Waals surface area contributed by atoms with Crippen LogP contribution in [0.5, 0.6) is 0 Å². The monoisotopic (exact) mass is 397 g/mol. The molecule has 2 heterocycles. The Morgan fingerprint density at radius 1 is 1.07 bits per heavy atom. The van der Waals surface area contributed by atoms with Crippen LogP contribution in [0.4, 0.5) is 0 Å². The molecule has 30 heavy (non-hydrogen) atoms. The minimum absolute atomic E-state index is 0.278. The van der Waals surface area contributed by atoms with Gasteiger partial charge in [-0.05, 0) is 21.9 Å². The van der Waals surface area contributed by atoms with Gasteiger partial charge in [-0.15, -0.1) is 22.5 Å². The molecule has 0 radical (unpaired) electrons. The Kier molecular flexibility index (Phi) is 5.66. The molecule has 7 nitrogen and oxygen atoms in total. The van der Waals surface area contributed by atoms with Gasteiger partial charge in [0, 0.05) is 24.3 Å². The second-order valence-corrected chi connectivity index (χ2v) is 7.37. The van der Waals surface area contributed by atoms with Crippen LogP contribution >= 0.6 is 0 Å². The fourth-order valence-electron chi connectivity index (χ4n) is 3.31. The van der Waals surface area contributed by atoms with Crippen molar-refractivity contribution >= 4 is 0 Å². The molecular formula is C23H23N7. The van der Waals surface area contributed by atoms with E-state index in [-0.39, 0.29) is 5.92 Å². The van der Waals surface area contributed by atoms with Gasteiger partial charge in [-0.2, -0.15) is 10.3 Å². The number of tetrazole rings is 1. The third kappa shape index (κ3) is 4.13. The summed E-state index contributed by atoms with van der Waals surface area (Å²) in [6, 6.07) is 16.5. The molecule has 0 bridgehead atoms. The van der Waals surface area contributed by atoms with Gasteiger partial charge < -0.3 is 0 Å². The minimum Gasteiger partial charge on any atom is -0.248 e. The first kappa shape index (κ1) is 19.5. The topological polar surface area (TPSA) is 85.2 Å². The summed E-state index contributed by atoms with van der Waals surface area (Å²) in [4.78, 5) is 4.74. The van der Waals surface area contributed by atoms with Gasteiger partial charge in [0.25, 0.3) is 0 Å². The molecule has 4 aromatic rings. The normalized spacial score (nSPS) is 11.0. The summed E-state index contributed by atoms with van der Waals surface area (Å²) in [5.41, 5.74) is 4.26. The number of aryl methyl sites for hydroxylation is 1. The van der Waals surface area contributed by atoms with Crippen LogP contribution in [0.1, 0.15) is 43.4 Å². The number of nitrogens with one attached hydrogen (secondary N) is 1. The van der Waals surface area contributed by atoms with Gasteiger partial charge in [0.2, 0.25) is 5.82 Å². The lowest BCUT2D eigenvalue weighted by molar-refractivity contribution is 0.588. The molecule has 0 saturated heterocycles. The highest BCUT2D eigenvalue weighted by molar-refractivity contribution is 5.80.